The van der Waals surface area contributed by atoms with E-state index in [1.54, 1.807) is 11.8 Å². The van der Waals surface area contributed by atoms with Gasteiger partial charge < -0.3 is 15.2 Å². The van der Waals surface area contributed by atoms with Crippen LogP contribution in [0, 0.1) is 0 Å². The van der Waals surface area contributed by atoms with E-state index in [1.807, 2.05) is 7.05 Å². The van der Waals surface area contributed by atoms with Crippen LogP contribution in [0.4, 0.5) is 0 Å². The van der Waals surface area contributed by atoms with E-state index in [9.17, 15) is 0 Å². The lowest BCUT2D eigenvalue weighted by molar-refractivity contribution is 0.460. The smallest absolute Gasteiger partial charge is 0.191 e. The van der Waals surface area contributed by atoms with Crippen molar-refractivity contribution in [3.8, 4) is 0 Å². The van der Waals surface area contributed by atoms with E-state index < -0.39 is 0 Å². The summed E-state index contributed by atoms with van der Waals surface area (Å²) in [6.07, 6.45) is 14.4. The second-order valence-electron chi connectivity index (χ2n) is 7.00. The van der Waals surface area contributed by atoms with E-state index in [-0.39, 0.29) is 0 Å². The van der Waals surface area contributed by atoms with Gasteiger partial charge in [-0.1, -0.05) is 50.8 Å². The second-order valence-corrected chi connectivity index (χ2v) is 7.77. The Balaban J connectivity index is 1.73. The number of nitrogens with one attached hydrogen (secondary N) is 2. The normalized spacial score (nSPS) is 15.6. The summed E-state index contributed by atoms with van der Waals surface area (Å²) in [5.74, 6) is 2.05. The summed E-state index contributed by atoms with van der Waals surface area (Å²) in [4.78, 5) is 4.31. The van der Waals surface area contributed by atoms with Crippen LogP contribution in [0.25, 0.3) is 0 Å². The molecule has 0 atom stereocenters. The van der Waals surface area contributed by atoms with Crippen LogP contribution < -0.4 is 10.6 Å². The molecule has 2 rings (SSSR count). The molecule has 6 nitrogen and oxygen atoms in total. The molecule has 2 N–H and O–H groups in total. The van der Waals surface area contributed by atoms with Gasteiger partial charge in [-0.3, -0.25) is 4.99 Å². The maximum Gasteiger partial charge on any atom is 0.191 e. The molecule has 0 radical (unpaired) electrons. The van der Waals surface area contributed by atoms with Crippen LogP contribution in [0.1, 0.15) is 76.6 Å². The molecule has 1 saturated carbocycles. The largest absolute Gasteiger partial charge is 0.356 e. The maximum absolute atomic E-state index is 4.46. The quantitative estimate of drug-likeness (QED) is 0.265. The Hall–Kier alpha value is -1.24. The van der Waals surface area contributed by atoms with Crippen LogP contribution in [-0.2, 0) is 6.42 Å². The molecule has 0 unspecified atom stereocenters. The molecule has 1 fully saturated rings. The molecule has 1 aromatic rings. The van der Waals surface area contributed by atoms with Crippen LogP contribution in [0.5, 0.6) is 0 Å². The van der Waals surface area contributed by atoms with Crippen LogP contribution >= 0.6 is 11.8 Å². The first-order chi connectivity index (χ1) is 12.8. The Morgan fingerprint density at radius 2 is 1.85 bits per heavy atom. The summed E-state index contributed by atoms with van der Waals surface area (Å²) in [6, 6.07) is 0.605. The number of unbranched alkanes of at least 4 members (excludes halogenated alkanes) is 3. The van der Waals surface area contributed by atoms with Gasteiger partial charge in [0.05, 0.1) is 0 Å². The molecule has 148 valence electrons. The summed E-state index contributed by atoms with van der Waals surface area (Å²) in [6.45, 7) is 4.14. The molecule has 1 aliphatic rings. The number of nitrogens with zero attached hydrogens (tertiary/aromatic N) is 4. The molecular weight excluding hydrogens is 344 g/mol. The molecule has 0 aromatic carbocycles. The molecule has 0 bridgehead atoms. The zero-order valence-electron chi connectivity index (χ0n) is 16.8. The standard InChI is InChI=1S/C19H36N6S/c1-4-5-6-9-14-21-18(20-2)22-15-10-13-17-23-24-19(26-3)25(17)16-11-7-8-12-16/h16H,4-15H2,1-3H3,(H2,20,21,22). The monoisotopic (exact) mass is 380 g/mol. The summed E-state index contributed by atoms with van der Waals surface area (Å²) < 4.78 is 2.40. The summed E-state index contributed by atoms with van der Waals surface area (Å²) in [5, 5.41) is 16.7. The van der Waals surface area contributed by atoms with Crippen molar-refractivity contribution in [2.45, 2.75) is 82.3 Å². The van der Waals surface area contributed by atoms with Crippen LogP contribution in [0.3, 0.4) is 0 Å². The van der Waals surface area contributed by atoms with E-state index in [2.05, 4.69) is 43.6 Å². The lowest BCUT2D eigenvalue weighted by Gasteiger charge is -2.16. The number of aliphatic imine (C=N–C) groups is 1. The maximum atomic E-state index is 4.46. The van der Waals surface area contributed by atoms with Gasteiger partial charge in [0, 0.05) is 32.6 Å². The minimum atomic E-state index is 0.605. The fraction of sp³-hybridized carbons (Fsp3) is 0.842. The van der Waals surface area contributed by atoms with E-state index in [4.69, 9.17) is 0 Å². The molecular formula is C19H36N6S. The summed E-state index contributed by atoms with van der Waals surface area (Å²) in [5.41, 5.74) is 0. The van der Waals surface area contributed by atoms with Crippen molar-refractivity contribution in [2.24, 2.45) is 4.99 Å². The number of thioether (sulfide) groups is 1. The third kappa shape index (κ3) is 6.49. The molecule has 0 amide bonds. The highest BCUT2D eigenvalue weighted by molar-refractivity contribution is 7.98. The zero-order valence-corrected chi connectivity index (χ0v) is 17.6. The predicted octanol–water partition coefficient (Wildman–Crippen LogP) is 3.79. The van der Waals surface area contributed by atoms with Gasteiger partial charge in [-0.05, 0) is 31.9 Å². The van der Waals surface area contributed by atoms with Crippen LogP contribution in [-0.4, -0.2) is 47.1 Å². The molecule has 0 saturated heterocycles. The second kappa shape index (κ2) is 12.2. The Bertz CT molecular complexity index is 536. The Morgan fingerprint density at radius 3 is 2.50 bits per heavy atom. The fourth-order valence-corrected chi connectivity index (χ4v) is 4.15. The van der Waals surface area contributed by atoms with Gasteiger partial charge in [0.2, 0.25) is 0 Å². The van der Waals surface area contributed by atoms with E-state index in [0.29, 0.717) is 6.04 Å². The minimum Gasteiger partial charge on any atom is -0.356 e. The molecule has 1 aliphatic carbocycles. The summed E-state index contributed by atoms with van der Waals surface area (Å²) >= 11 is 1.71. The number of guanidine groups is 1. The third-order valence-electron chi connectivity index (χ3n) is 5.02. The Morgan fingerprint density at radius 1 is 1.12 bits per heavy atom. The highest BCUT2D eigenvalue weighted by Crippen LogP contribution is 2.33. The summed E-state index contributed by atoms with van der Waals surface area (Å²) in [7, 11) is 1.84. The first-order valence-corrected chi connectivity index (χ1v) is 11.4. The van der Waals surface area contributed by atoms with Crippen molar-refractivity contribution in [3.63, 3.8) is 0 Å². The van der Waals surface area contributed by atoms with Crippen molar-refractivity contribution in [1.82, 2.24) is 25.4 Å². The number of aromatic nitrogens is 3. The zero-order chi connectivity index (χ0) is 18.6. The van der Waals surface area contributed by atoms with Gasteiger partial charge in [-0.2, -0.15) is 0 Å². The Kier molecular flexibility index (Phi) is 9.89. The molecule has 1 aromatic heterocycles. The van der Waals surface area contributed by atoms with E-state index >= 15 is 0 Å². The molecule has 1 heterocycles. The van der Waals surface area contributed by atoms with Crippen LogP contribution in [0.15, 0.2) is 10.1 Å². The highest BCUT2D eigenvalue weighted by Gasteiger charge is 2.23. The van der Waals surface area contributed by atoms with Gasteiger partial charge in [-0.25, -0.2) is 0 Å². The van der Waals surface area contributed by atoms with Crippen LogP contribution in [0.2, 0.25) is 0 Å². The molecule has 0 aliphatic heterocycles. The SMILES string of the molecule is CCCCCCNC(=NC)NCCCc1nnc(SC)n1C1CCCC1. The van der Waals surface area contributed by atoms with Gasteiger partial charge in [0.25, 0.3) is 0 Å². The van der Waals surface area contributed by atoms with Gasteiger partial charge in [0.15, 0.2) is 11.1 Å². The highest BCUT2D eigenvalue weighted by atomic mass is 32.2. The minimum absolute atomic E-state index is 0.605. The van der Waals surface area contributed by atoms with Crippen molar-refractivity contribution in [2.75, 3.05) is 26.4 Å². The van der Waals surface area contributed by atoms with Crippen molar-refractivity contribution in [3.05, 3.63) is 5.82 Å². The van der Waals surface area contributed by atoms with Crippen molar-refractivity contribution < 1.29 is 0 Å². The van der Waals surface area contributed by atoms with E-state index in [0.717, 1.165) is 42.9 Å². The third-order valence-corrected chi connectivity index (χ3v) is 5.67. The Labute approximate surface area is 163 Å². The van der Waals surface area contributed by atoms with Gasteiger partial charge >= 0.3 is 0 Å². The topological polar surface area (TPSA) is 67.1 Å². The number of hydrogen-bond donors (Lipinski definition) is 2. The van der Waals surface area contributed by atoms with Crippen molar-refractivity contribution in [1.29, 1.82) is 0 Å². The lowest BCUT2D eigenvalue weighted by Crippen LogP contribution is -2.38. The van der Waals surface area contributed by atoms with Gasteiger partial charge in [0.1, 0.15) is 5.82 Å². The fourth-order valence-electron chi connectivity index (χ4n) is 3.58. The molecule has 7 heteroatoms. The molecule has 0 spiro atoms. The van der Waals surface area contributed by atoms with Crippen molar-refractivity contribution >= 4 is 17.7 Å². The number of hydrogen-bond acceptors (Lipinski definition) is 4. The lowest BCUT2D eigenvalue weighted by atomic mass is 10.2. The van der Waals surface area contributed by atoms with E-state index in [1.165, 1.54) is 51.4 Å². The average Bonchev–Trinajstić information content (AvgIpc) is 3.32. The first-order valence-electron chi connectivity index (χ1n) is 10.2. The molecule has 26 heavy (non-hydrogen) atoms. The average molecular weight is 381 g/mol. The number of aryl methyl sites for hydroxylation is 1. The predicted molar refractivity (Wildman–Crippen MR) is 111 cm³/mol. The van der Waals surface area contributed by atoms with Gasteiger partial charge in [-0.15, -0.1) is 10.2 Å². The number of rotatable bonds is 11. The first kappa shape index (κ1) is 21.1.